The Morgan fingerprint density at radius 2 is 1.68 bits per heavy atom. The zero-order valence-electron chi connectivity index (χ0n) is 13.1. The molecule has 2 N–H and O–H groups in total. The Bertz CT molecular complexity index is 807. The highest BCUT2D eigenvalue weighted by Gasteiger charge is 2.12. The molecule has 8 heteroatoms. The van der Waals surface area contributed by atoms with Crippen molar-refractivity contribution >= 4 is 52.4 Å². The van der Waals surface area contributed by atoms with Crippen LogP contribution in [0.3, 0.4) is 0 Å². The van der Waals surface area contributed by atoms with E-state index in [0.717, 1.165) is 0 Å². The predicted octanol–water partition coefficient (Wildman–Crippen LogP) is 3.75. The lowest BCUT2D eigenvalue weighted by atomic mass is 10.2. The number of ether oxygens (including phenoxy) is 1. The van der Waals surface area contributed by atoms with Gasteiger partial charge in [0.2, 0.25) is 5.91 Å². The molecule has 0 fully saturated rings. The fraction of sp³-hybridized carbons (Fsp3) is 0.118. The Morgan fingerprint density at radius 3 is 2.28 bits per heavy atom. The second kappa shape index (κ2) is 8.50. The summed E-state index contributed by atoms with van der Waals surface area (Å²) in [6.45, 7) is 0.916. The van der Waals surface area contributed by atoms with Gasteiger partial charge in [-0.2, -0.15) is 0 Å². The fourth-order valence-electron chi connectivity index (χ4n) is 1.88. The van der Waals surface area contributed by atoms with Crippen molar-refractivity contribution in [2.45, 2.75) is 6.92 Å². The van der Waals surface area contributed by atoms with E-state index in [0.29, 0.717) is 16.4 Å². The van der Waals surface area contributed by atoms with Crippen LogP contribution >= 0.6 is 23.2 Å². The van der Waals surface area contributed by atoms with E-state index in [4.69, 9.17) is 27.9 Å². The normalized spacial score (nSPS) is 10.0. The predicted molar refractivity (Wildman–Crippen MR) is 96.1 cm³/mol. The van der Waals surface area contributed by atoms with Gasteiger partial charge in [-0.05, 0) is 42.5 Å². The van der Waals surface area contributed by atoms with Crippen LogP contribution in [0.5, 0.6) is 0 Å². The van der Waals surface area contributed by atoms with Gasteiger partial charge in [-0.15, -0.1) is 0 Å². The summed E-state index contributed by atoms with van der Waals surface area (Å²) in [5.74, 6) is -1.41. The summed E-state index contributed by atoms with van der Waals surface area (Å²) in [6, 6.07) is 10.7. The number of halogens is 2. The molecule has 2 aromatic rings. The highest BCUT2D eigenvalue weighted by molar-refractivity contribution is 6.36. The van der Waals surface area contributed by atoms with Gasteiger partial charge in [0.15, 0.2) is 6.61 Å². The van der Waals surface area contributed by atoms with Gasteiger partial charge < -0.3 is 15.4 Å². The van der Waals surface area contributed by atoms with E-state index in [1.165, 1.54) is 25.1 Å². The monoisotopic (exact) mass is 380 g/mol. The first kappa shape index (κ1) is 18.8. The Balaban J connectivity index is 1.88. The van der Waals surface area contributed by atoms with Gasteiger partial charge in [0.25, 0.3) is 5.91 Å². The van der Waals surface area contributed by atoms with Gasteiger partial charge in [0.1, 0.15) is 0 Å². The van der Waals surface area contributed by atoms with Gasteiger partial charge in [-0.3, -0.25) is 9.59 Å². The maximum atomic E-state index is 11.9. The number of hydrogen-bond acceptors (Lipinski definition) is 4. The minimum absolute atomic E-state index is 0.215. The number of nitrogens with one attached hydrogen (secondary N) is 2. The Hall–Kier alpha value is -2.57. The van der Waals surface area contributed by atoms with Crippen molar-refractivity contribution in [2.24, 2.45) is 0 Å². The molecule has 0 bridgehead atoms. The molecule has 6 nitrogen and oxygen atoms in total. The van der Waals surface area contributed by atoms with Crippen LogP contribution in [0, 0.1) is 0 Å². The highest BCUT2D eigenvalue weighted by Crippen LogP contribution is 2.25. The molecule has 2 amide bonds. The van der Waals surface area contributed by atoms with Gasteiger partial charge >= 0.3 is 5.97 Å². The molecule has 0 atom stereocenters. The standard InChI is InChI=1S/C17H14Cl2N2O4/c1-10(22)20-13-5-2-11(3-6-13)17(24)25-9-16(23)21-15-7-4-12(18)8-14(15)19/h2-8H,9H2,1H3,(H,20,22)(H,21,23). The summed E-state index contributed by atoms with van der Waals surface area (Å²) >= 11 is 11.7. The third-order valence-electron chi connectivity index (χ3n) is 2.98. The van der Waals surface area contributed by atoms with Crippen molar-refractivity contribution in [1.29, 1.82) is 0 Å². The molecule has 0 unspecified atom stereocenters. The molecule has 0 aromatic heterocycles. The Labute approximate surface area is 154 Å². The summed E-state index contributed by atoms with van der Waals surface area (Å²) in [6.07, 6.45) is 0. The molecule has 0 saturated carbocycles. The number of anilines is 2. The number of esters is 1. The van der Waals surface area contributed by atoms with Gasteiger partial charge in [0, 0.05) is 17.6 Å². The van der Waals surface area contributed by atoms with Crippen LogP contribution in [0.4, 0.5) is 11.4 Å². The molecule has 2 aromatic carbocycles. The van der Waals surface area contributed by atoms with E-state index in [2.05, 4.69) is 10.6 Å². The highest BCUT2D eigenvalue weighted by atomic mass is 35.5. The first-order valence-electron chi connectivity index (χ1n) is 7.15. The quantitative estimate of drug-likeness (QED) is 0.773. The van der Waals surface area contributed by atoms with Gasteiger partial charge in [-0.25, -0.2) is 4.79 Å². The van der Waals surface area contributed by atoms with Crippen LogP contribution in [0.15, 0.2) is 42.5 Å². The molecule has 0 spiro atoms. The lowest BCUT2D eigenvalue weighted by molar-refractivity contribution is -0.119. The molecule has 25 heavy (non-hydrogen) atoms. The maximum Gasteiger partial charge on any atom is 0.338 e. The third kappa shape index (κ3) is 5.77. The fourth-order valence-corrected chi connectivity index (χ4v) is 2.34. The largest absolute Gasteiger partial charge is 0.452 e. The van der Waals surface area contributed by atoms with Crippen LogP contribution < -0.4 is 10.6 Å². The van der Waals surface area contributed by atoms with E-state index in [9.17, 15) is 14.4 Å². The minimum atomic E-state index is -0.660. The average Bonchev–Trinajstić information content (AvgIpc) is 2.55. The number of hydrogen-bond donors (Lipinski definition) is 2. The van der Waals surface area contributed by atoms with Crippen LogP contribution in [-0.4, -0.2) is 24.4 Å². The molecule has 130 valence electrons. The molecule has 0 heterocycles. The van der Waals surface area contributed by atoms with Crippen LogP contribution in [0.2, 0.25) is 10.0 Å². The molecule has 0 radical (unpaired) electrons. The van der Waals surface area contributed by atoms with Crippen molar-refractivity contribution < 1.29 is 19.1 Å². The van der Waals surface area contributed by atoms with Gasteiger partial charge in [0.05, 0.1) is 16.3 Å². The van der Waals surface area contributed by atoms with E-state index in [-0.39, 0.29) is 16.5 Å². The molecule has 0 aliphatic rings. The van der Waals surface area contributed by atoms with Crippen LogP contribution in [0.1, 0.15) is 17.3 Å². The average molecular weight is 381 g/mol. The SMILES string of the molecule is CC(=O)Nc1ccc(C(=O)OCC(=O)Nc2ccc(Cl)cc2Cl)cc1. The van der Waals surface area contributed by atoms with Gasteiger partial charge in [-0.1, -0.05) is 23.2 Å². The zero-order chi connectivity index (χ0) is 18.4. The number of rotatable bonds is 5. The molecule has 0 aliphatic heterocycles. The lowest BCUT2D eigenvalue weighted by Gasteiger charge is -2.09. The van der Waals surface area contributed by atoms with Crippen molar-refractivity contribution in [1.82, 2.24) is 0 Å². The van der Waals surface area contributed by atoms with E-state index >= 15 is 0 Å². The van der Waals surface area contributed by atoms with Crippen molar-refractivity contribution in [2.75, 3.05) is 17.2 Å². The summed E-state index contributed by atoms with van der Waals surface area (Å²) in [7, 11) is 0. The number of carbonyl (C=O) groups is 3. The molecule has 2 rings (SSSR count). The van der Waals surface area contributed by atoms with E-state index < -0.39 is 18.5 Å². The summed E-state index contributed by atoms with van der Waals surface area (Å²) < 4.78 is 4.94. The topological polar surface area (TPSA) is 84.5 Å². The van der Waals surface area contributed by atoms with Crippen LogP contribution in [0.25, 0.3) is 0 Å². The van der Waals surface area contributed by atoms with E-state index in [1.54, 1.807) is 24.3 Å². The zero-order valence-corrected chi connectivity index (χ0v) is 14.6. The molecule has 0 aliphatic carbocycles. The number of benzene rings is 2. The number of carbonyl (C=O) groups excluding carboxylic acids is 3. The lowest BCUT2D eigenvalue weighted by Crippen LogP contribution is -2.21. The Kier molecular flexibility index (Phi) is 6.38. The summed E-state index contributed by atoms with van der Waals surface area (Å²) in [5.41, 5.74) is 1.18. The Morgan fingerprint density at radius 1 is 1.00 bits per heavy atom. The summed E-state index contributed by atoms with van der Waals surface area (Å²) in [4.78, 5) is 34.7. The van der Waals surface area contributed by atoms with E-state index in [1.807, 2.05) is 0 Å². The van der Waals surface area contributed by atoms with Crippen molar-refractivity contribution in [3.05, 3.63) is 58.1 Å². The summed E-state index contributed by atoms with van der Waals surface area (Å²) in [5, 5.41) is 5.82. The second-order valence-corrected chi connectivity index (χ2v) is 5.85. The van der Waals surface area contributed by atoms with Crippen LogP contribution in [-0.2, 0) is 14.3 Å². The van der Waals surface area contributed by atoms with Crippen molar-refractivity contribution in [3.63, 3.8) is 0 Å². The maximum absolute atomic E-state index is 11.9. The van der Waals surface area contributed by atoms with Crippen molar-refractivity contribution in [3.8, 4) is 0 Å². The smallest absolute Gasteiger partial charge is 0.338 e. The molecular weight excluding hydrogens is 367 g/mol. The molecular formula is C17H14Cl2N2O4. The first-order chi connectivity index (χ1) is 11.8. The number of amides is 2. The third-order valence-corrected chi connectivity index (χ3v) is 3.53. The second-order valence-electron chi connectivity index (χ2n) is 5.01. The first-order valence-corrected chi connectivity index (χ1v) is 7.90. The minimum Gasteiger partial charge on any atom is -0.452 e. The molecule has 0 saturated heterocycles.